The van der Waals surface area contributed by atoms with Gasteiger partial charge < -0.3 is 15.0 Å². The second-order valence-corrected chi connectivity index (χ2v) is 4.41. The Morgan fingerprint density at radius 2 is 2.27 bits per heavy atom. The predicted octanol–water partition coefficient (Wildman–Crippen LogP) is 1.55. The third-order valence-corrected chi connectivity index (χ3v) is 3.09. The van der Waals surface area contributed by atoms with Crippen LogP contribution in [-0.2, 0) is 11.3 Å². The van der Waals surface area contributed by atoms with Crippen LogP contribution in [0.25, 0.3) is 0 Å². The maximum absolute atomic E-state index is 5.65. The molecule has 4 heteroatoms. The van der Waals surface area contributed by atoms with Crippen molar-refractivity contribution >= 4 is 17.2 Å². The molecule has 1 aliphatic heterocycles. The van der Waals surface area contributed by atoms with E-state index in [9.17, 15) is 0 Å². The summed E-state index contributed by atoms with van der Waals surface area (Å²) in [6, 6.07) is 3.97. The number of thiocarbonyl (C=S) groups is 1. The van der Waals surface area contributed by atoms with Crippen LogP contribution in [0.4, 0.5) is 0 Å². The van der Waals surface area contributed by atoms with Gasteiger partial charge in [0.15, 0.2) is 0 Å². The van der Waals surface area contributed by atoms with Crippen LogP contribution in [0.1, 0.15) is 18.5 Å². The molecule has 0 radical (unpaired) electrons. The summed E-state index contributed by atoms with van der Waals surface area (Å²) in [7, 11) is 0. The number of ether oxygens (including phenoxy) is 1. The Morgan fingerprint density at radius 3 is 2.93 bits per heavy atom. The minimum absolute atomic E-state index is 0.479. The molecule has 2 heterocycles. The zero-order valence-corrected chi connectivity index (χ0v) is 9.50. The van der Waals surface area contributed by atoms with Crippen molar-refractivity contribution in [2.24, 2.45) is 11.7 Å². The Hall–Kier alpha value is -0.870. The average molecular weight is 224 g/mol. The molecular formula is C11H16N2OS. The third kappa shape index (κ3) is 2.58. The summed E-state index contributed by atoms with van der Waals surface area (Å²) in [6.45, 7) is 2.77. The van der Waals surface area contributed by atoms with Gasteiger partial charge in [0.25, 0.3) is 0 Å². The van der Waals surface area contributed by atoms with Crippen LogP contribution >= 0.6 is 12.2 Å². The second kappa shape index (κ2) is 4.77. The Bertz CT molecular complexity index is 342. The largest absolute Gasteiger partial charge is 0.388 e. The average Bonchev–Trinajstić information content (AvgIpc) is 2.67. The zero-order valence-electron chi connectivity index (χ0n) is 8.69. The van der Waals surface area contributed by atoms with Gasteiger partial charge in [-0.05, 0) is 30.9 Å². The summed E-state index contributed by atoms with van der Waals surface area (Å²) in [4.78, 5) is 0.479. The topological polar surface area (TPSA) is 40.2 Å². The summed E-state index contributed by atoms with van der Waals surface area (Å²) >= 11 is 5.00. The number of rotatable bonds is 3. The van der Waals surface area contributed by atoms with Crippen LogP contribution in [0, 0.1) is 5.92 Å². The Kier molecular flexibility index (Phi) is 3.38. The monoisotopic (exact) mass is 224 g/mol. The Balaban J connectivity index is 2.03. The van der Waals surface area contributed by atoms with E-state index in [1.54, 1.807) is 0 Å². The maximum Gasteiger partial charge on any atom is 0.120 e. The van der Waals surface area contributed by atoms with Crippen molar-refractivity contribution in [1.82, 2.24) is 4.57 Å². The van der Waals surface area contributed by atoms with Gasteiger partial charge in [0.1, 0.15) is 4.99 Å². The number of nitrogens with two attached hydrogens (primary N) is 1. The molecule has 1 aromatic rings. The van der Waals surface area contributed by atoms with Gasteiger partial charge in [0.2, 0.25) is 0 Å². The molecule has 0 aliphatic carbocycles. The van der Waals surface area contributed by atoms with E-state index in [1.807, 2.05) is 18.3 Å². The van der Waals surface area contributed by atoms with Crippen LogP contribution in [0.15, 0.2) is 18.3 Å². The summed E-state index contributed by atoms with van der Waals surface area (Å²) in [5, 5.41) is 0. The molecule has 0 spiro atoms. The van der Waals surface area contributed by atoms with Gasteiger partial charge in [-0.15, -0.1) is 0 Å². The van der Waals surface area contributed by atoms with E-state index in [0.29, 0.717) is 10.9 Å². The van der Waals surface area contributed by atoms with Crippen molar-refractivity contribution in [3.63, 3.8) is 0 Å². The van der Waals surface area contributed by atoms with Crippen LogP contribution < -0.4 is 5.73 Å². The lowest BCUT2D eigenvalue weighted by Crippen LogP contribution is -2.23. The van der Waals surface area contributed by atoms with E-state index < -0.39 is 0 Å². The Morgan fingerprint density at radius 1 is 1.53 bits per heavy atom. The Labute approximate surface area is 95.2 Å². The molecule has 1 saturated heterocycles. The first kappa shape index (κ1) is 10.6. The smallest absolute Gasteiger partial charge is 0.120 e. The minimum Gasteiger partial charge on any atom is -0.388 e. The highest BCUT2D eigenvalue weighted by molar-refractivity contribution is 7.80. The van der Waals surface area contributed by atoms with Gasteiger partial charge in [-0.25, -0.2) is 0 Å². The lowest BCUT2D eigenvalue weighted by molar-refractivity contribution is 0.0612. The van der Waals surface area contributed by atoms with Crippen molar-refractivity contribution in [3.05, 3.63) is 24.0 Å². The molecule has 0 saturated carbocycles. The molecule has 3 nitrogen and oxygen atoms in total. The van der Waals surface area contributed by atoms with E-state index in [4.69, 9.17) is 22.7 Å². The van der Waals surface area contributed by atoms with E-state index in [0.717, 1.165) is 38.3 Å². The molecule has 0 bridgehead atoms. The lowest BCUT2D eigenvalue weighted by Gasteiger charge is -2.23. The van der Waals surface area contributed by atoms with Gasteiger partial charge in [0, 0.05) is 26.0 Å². The molecule has 0 aromatic carbocycles. The van der Waals surface area contributed by atoms with Crippen molar-refractivity contribution in [1.29, 1.82) is 0 Å². The van der Waals surface area contributed by atoms with E-state index in [2.05, 4.69) is 4.57 Å². The maximum atomic E-state index is 5.65. The second-order valence-electron chi connectivity index (χ2n) is 3.97. The molecule has 1 aromatic heterocycles. The molecule has 0 amide bonds. The summed E-state index contributed by atoms with van der Waals surface area (Å²) < 4.78 is 7.49. The molecule has 2 rings (SSSR count). The molecule has 1 fully saturated rings. The predicted molar refractivity (Wildman–Crippen MR) is 63.9 cm³/mol. The standard InChI is InChI=1S/C11H16N2OS/c12-11(15)10-2-1-5-13(10)8-9-3-6-14-7-4-9/h1-2,5,9H,3-4,6-8H2,(H2,12,15). The fraction of sp³-hybridized carbons (Fsp3) is 0.545. The third-order valence-electron chi connectivity index (χ3n) is 2.88. The van der Waals surface area contributed by atoms with E-state index >= 15 is 0 Å². The van der Waals surface area contributed by atoms with Crippen LogP contribution in [0.3, 0.4) is 0 Å². The van der Waals surface area contributed by atoms with Gasteiger partial charge >= 0.3 is 0 Å². The zero-order chi connectivity index (χ0) is 10.7. The van der Waals surface area contributed by atoms with Crippen molar-refractivity contribution < 1.29 is 4.74 Å². The molecule has 0 atom stereocenters. The SMILES string of the molecule is NC(=S)c1cccn1CC1CCOCC1. The van der Waals surface area contributed by atoms with Crippen LogP contribution in [0.2, 0.25) is 0 Å². The highest BCUT2D eigenvalue weighted by atomic mass is 32.1. The normalized spacial score (nSPS) is 17.9. The first-order chi connectivity index (χ1) is 7.27. The number of nitrogens with zero attached hydrogens (tertiary/aromatic N) is 1. The minimum atomic E-state index is 0.479. The first-order valence-corrected chi connectivity index (χ1v) is 5.71. The van der Waals surface area contributed by atoms with Crippen LogP contribution in [-0.4, -0.2) is 22.8 Å². The molecular weight excluding hydrogens is 208 g/mol. The van der Waals surface area contributed by atoms with Crippen molar-refractivity contribution in [2.75, 3.05) is 13.2 Å². The molecule has 1 aliphatic rings. The van der Waals surface area contributed by atoms with Gasteiger partial charge in [0.05, 0.1) is 5.69 Å². The van der Waals surface area contributed by atoms with Gasteiger partial charge in [-0.3, -0.25) is 0 Å². The highest BCUT2D eigenvalue weighted by Crippen LogP contribution is 2.18. The summed E-state index contributed by atoms with van der Waals surface area (Å²) in [5.74, 6) is 0.694. The number of hydrogen-bond donors (Lipinski definition) is 1. The van der Waals surface area contributed by atoms with Crippen molar-refractivity contribution in [3.8, 4) is 0 Å². The quantitative estimate of drug-likeness (QED) is 0.792. The summed E-state index contributed by atoms with van der Waals surface area (Å²) in [5.41, 5.74) is 6.62. The van der Waals surface area contributed by atoms with E-state index in [1.165, 1.54) is 0 Å². The molecule has 0 unspecified atom stereocenters. The van der Waals surface area contributed by atoms with Gasteiger partial charge in [-0.1, -0.05) is 12.2 Å². The lowest BCUT2D eigenvalue weighted by atomic mass is 10.0. The van der Waals surface area contributed by atoms with Gasteiger partial charge in [-0.2, -0.15) is 0 Å². The number of aromatic nitrogens is 1. The van der Waals surface area contributed by atoms with Crippen molar-refractivity contribution in [2.45, 2.75) is 19.4 Å². The molecule has 2 N–H and O–H groups in total. The molecule has 15 heavy (non-hydrogen) atoms. The molecule has 82 valence electrons. The van der Waals surface area contributed by atoms with E-state index in [-0.39, 0.29) is 0 Å². The summed E-state index contributed by atoms with van der Waals surface area (Å²) in [6.07, 6.45) is 4.31. The fourth-order valence-electron chi connectivity index (χ4n) is 2.00. The highest BCUT2D eigenvalue weighted by Gasteiger charge is 2.15. The van der Waals surface area contributed by atoms with Crippen LogP contribution in [0.5, 0.6) is 0 Å². The first-order valence-electron chi connectivity index (χ1n) is 5.30. The fourth-order valence-corrected chi connectivity index (χ4v) is 2.19. The number of hydrogen-bond acceptors (Lipinski definition) is 2.